The summed E-state index contributed by atoms with van der Waals surface area (Å²) in [5.41, 5.74) is 0. The molecule has 0 aliphatic carbocycles. The Bertz CT molecular complexity index is 537. The third-order valence-electron chi connectivity index (χ3n) is 1.58. The topological polar surface area (TPSA) is 73.7 Å². The van der Waals surface area contributed by atoms with Crippen LogP contribution in [0.2, 0.25) is 5.28 Å². The lowest BCUT2D eigenvalue weighted by Gasteiger charge is -2.02. The maximum absolute atomic E-state index is 5.79. The van der Waals surface area contributed by atoms with E-state index in [9.17, 15) is 0 Å². The Morgan fingerprint density at radius 1 is 1.22 bits per heavy atom. The smallest absolute Gasteiger partial charge is 0.321 e. The molecule has 0 aliphatic heterocycles. The van der Waals surface area contributed by atoms with Gasteiger partial charge in [0.1, 0.15) is 0 Å². The van der Waals surface area contributed by atoms with E-state index < -0.39 is 0 Å². The van der Waals surface area contributed by atoms with Crippen molar-refractivity contribution in [1.29, 1.82) is 0 Å². The Hall–Kier alpha value is -0.640. The Kier molecular flexibility index (Phi) is 4.98. The van der Waals surface area contributed by atoms with E-state index >= 15 is 0 Å². The first-order valence-electron chi connectivity index (χ1n) is 4.81. The third-order valence-corrected chi connectivity index (χ3v) is 4.57. The summed E-state index contributed by atoms with van der Waals surface area (Å²) in [6.07, 6.45) is 1.95. The van der Waals surface area contributed by atoms with E-state index in [0.717, 1.165) is 8.68 Å². The second-order valence-corrected chi connectivity index (χ2v) is 6.33. The van der Waals surface area contributed by atoms with Crippen molar-refractivity contribution in [3.05, 3.63) is 5.28 Å². The molecule has 18 heavy (non-hydrogen) atoms. The third kappa shape index (κ3) is 3.67. The van der Waals surface area contributed by atoms with Crippen molar-refractivity contribution in [2.75, 3.05) is 12.9 Å². The number of halogens is 1. The molecule has 0 fully saturated rings. The van der Waals surface area contributed by atoms with Crippen molar-refractivity contribution in [2.24, 2.45) is 0 Å². The molecule has 2 aromatic heterocycles. The predicted molar refractivity (Wildman–Crippen MR) is 71.8 cm³/mol. The predicted octanol–water partition coefficient (Wildman–Crippen LogP) is 2.65. The van der Waals surface area contributed by atoms with Gasteiger partial charge >= 0.3 is 6.01 Å². The molecule has 0 saturated carbocycles. The van der Waals surface area contributed by atoms with Crippen molar-refractivity contribution in [3.63, 3.8) is 0 Å². The highest BCUT2D eigenvalue weighted by atomic mass is 35.5. The van der Waals surface area contributed by atoms with Crippen LogP contribution in [0.3, 0.4) is 0 Å². The molecule has 0 aliphatic rings. The van der Waals surface area contributed by atoms with Crippen LogP contribution < -0.4 is 4.74 Å². The Labute approximate surface area is 121 Å². The number of aromatic nitrogens is 5. The van der Waals surface area contributed by atoms with Crippen LogP contribution in [0.4, 0.5) is 0 Å². The van der Waals surface area contributed by atoms with Crippen LogP contribution in [-0.4, -0.2) is 38.0 Å². The van der Waals surface area contributed by atoms with E-state index in [2.05, 4.69) is 25.1 Å². The molecule has 2 heterocycles. The van der Waals surface area contributed by atoms with Gasteiger partial charge < -0.3 is 4.74 Å². The molecule has 0 radical (unpaired) electrons. The molecular weight excluding hydrogens is 314 g/mol. The Morgan fingerprint density at radius 2 is 2.00 bits per heavy atom. The summed E-state index contributed by atoms with van der Waals surface area (Å²) >= 11 is 10.1. The summed E-state index contributed by atoms with van der Waals surface area (Å²) in [5.74, 6) is 0. The van der Waals surface area contributed by atoms with Crippen molar-refractivity contribution < 1.29 is 4.74 Å². The molecule has 0 saturated heterocycles. The fraction of sp³-hybridized carbons (Fsp3) is 0.375. The minimum atomic E-state index is 0.102. The largest absolute Gasteiger partial charge is 0.464 e. The van der Waals surface area contributed by atoms with E-state index in [-0.39, 0.29) is 11.3 Å². The Morgan fingerprint density at radius 3 is 2.67 bits per heavy atom. The highest BCUT2D eigenvalue weighted by molar-refractivity contribution is 8.02. The number of thioether (sulfide) groups is 1. The van der Waals surface area contributed by atoms with Crippen LogP contribution in [0, 0.1) is 0 Å². The number of nitrogens with zero attached hydrogens (tertiary/aromatic N) is 5. The summed E-state index contributed by atoms with van der Waals surface area (Å²) in [7, 11) is 0. The van der Waals surface area contributed by atoms with Gasteiger partial charge in [0.15, 0.2) is 8.68 Å². The van der Waals surface area contributed by atoms with Gasteiger partial charge in [-0.3, -0.25) is 0 Å². The van der Waals surface area contributed by atoms with Crippen LogP contribution in [0.25, 0.3) is 0 Å². The van der Waals surface area contributed by atoms with Crippen LogP contribution in [0.15, 0.2) is 13.8 Å². The van der Waals surface area contributed by atoms with E-state index in [0.29, 0.717) is 11.8 Å². The minimum absolute atomic E-state index is 0.102. The fourth-order valence-corrected chi connectivity index (χ4v) is 3.44. The number of hydrogen-bond acceptors (Lipinski definition) is 9. The van der Waals surface area contributed by atoms with Crippen LogP contribution >= 0.6 is 46.5 Å². The van der Waals surface area contributed by atoms with Crippen molar-refractivity contribution in [1.82, 2.24) is 25.1 Å². The van der Waals surface area contributed by atoms with Gasteiger partial charge in [-0.15, -0.1) is 10.2 Å². The molecule has 0 amide bonds. The molecule has 2 aromatic rings. The number of rotatable bonds is 5. The SMILES string of the molecule is CCOc1nc(Cl)nc(Sc2nnc(SC)s2)n1. The van der Waals surface area contributed by atoms with E-state index in [1.165, 1.54) is 23.1 Å². The lowest BCUT2D eigenvalue weighted by Crippen LogP contribution is -2.00. The molecule has 0 spiro atoms. The molecule has 6 nitrogen and oxygen atoms in total. The van der Waals surface area contributed by atoms with Crippen molar-refractivity contribution in [2.45, 2.75) is 20.8 Å². The minimum Gasteiger partial charge on any atom is -0.464 e. The van der Waals surface area contributed by atoms with Gasteiger partial charge in [-0.05, 0) is 36.5 Å². The monoisotopic (exact) mass is 321 g/mol. The molecule has 0 unspecified atom stereocenters. The Balaban J connectivity index is 2.17. The first kappa shape index (κ1) is 13.8. The molecule has 0 aromatic carbocycles. The number of ether oxygens (including phenoxy) is 1. The highest BCUT2D eigenvalue weighted by Crippen LogP contribution is 2.31. The lowest BCUT2D eigenvalue weighted by molar-refractivity contribution is 0.307. The van der Waals surface area contributed by atoms with Gasteiger partial charge in [-0.1, -0.05) is 23.1 Å². The first-order chi connectivity index (χ1) is 8.71. The van der Waals surface area contributed by atoms with E-state index in [4.69, 9.17) is 16.3 Å². The van der Waals surface area contributed by atoms with Gasteiger partial charge in [0.05, 0.1) is 6.61 Å². The zero-order chi connectivity index (χ0) is 13.0. The van der Waals surface area contributed by atoms with Gasteiger partial charge in [-0.2, -0.15) is 15.0 Å². The molecular formula is C8H8ClN5OS3. The maximum Gasteiger partial charge on any atom is 0.321 e. The first-order valence-corrected chi connectivity index (χ1v) is 8.04. The molecule has 2 rings (SSSR count). The molecule has 0 N–H and O–H groups in total. The van der Waals surface area contributed by atoms with Crippen molar-refractivity contribution in [3.8, 4) is 6.01 Å². The van der Waals surface area contributed by atoms with Crippen LogP contribution in [-0.2, 0) is 0 Å². The standard InChI is InChI=1S/C8H8ClN5OS3/c1-3-15-5-10-4(9)11-6(12-5)17-8-14-13-7(16-2)18-8/h3H2,1-2H3. The second kappa shape index (κ2) is 6.50. The summed E-state index contributed by atoms with van der Waals surface area (Å²) in [6.45, 7) is 2.32. The summed E-state index contributed by atoms with van der Waals surface area (Å²) in [4.78, 5) is 12.0. The quantitative estimate of drug-likeness (QED) is 0.778. The summed E-state index contributed by atoms with van der Waals surface area (Å²) in [6, 6.07) is 0.217. The summed E-state index contributed by atoms with van der Waals surface area (Å²) in [5, 5.41) is 8.55. The van der Waals surface area contributed by atoms with Crippen molar-refractivity contribution >= 4 is 46.5 Å². The zero-order valence-electron chi connectivity index (χ0n) is 9.45. The molecule has 10 heteroatoms. The zero-order valence-corrected chi connectivity index (χ0v) is 12.7. The molecule has 0 atom stereocenters. The van der Waals surface area contributed by atoms with Gasteiger partial charge in [0, 0.05) is 0 Å². The second-order valence-electron chi connectivity index (χ2n) is 2.74. The number of hydrogen-bond donors (Lipinski definition) is 0. The highest BCUT2D eigenvalue weighted by Gasteiger charge is 2.11. The average Bonchev–Trinajstić information content (AvgIpc) is 2.76. The molecule has 96 valence electrons. The lowest BCUT2D eigenvalue weighted by atomic mass is 10.9. The maximum atomic E-state index is 5.79. The fourth-order valence-electron chi connectivity index (χ4n) is 0.953. The van der Waals surface area contributed by atoms with Gasteiger partial charge in [0.2, 0.25) is 10.4 Å². The normalized spacial score (nSPS) is 10.6. The van der Waals surface area contributed by atoms with Crippen LogP contribution in [0.5, 0.6) is 6.01 Å². The summed E-state index contributed by atoms with van der Waals surface area (Å²) < 4.78 is 6.84. The van der Waals surface area contributed by atoms with Gasteiger partial charge in [-0.25, -0.2) is 0 Å². The van der Waals surface area contributed by atoms with E-state index in [1.54, 1.807) is 11.8 Å². The van der Waals surface area contributed by atoms with Gasteiger partial charge in [0.25, 0.3) is 0 Å². The van der Waals surface area contributed by atoms with E-state index in [1.807, 2.05) is 13.2 Å². The van der Waals surface area contributed by atoms with Crippen LogP contribution in [0.1, 0.15) is 6.92 Å². The molecule has 0 bridgehead atoms. The average molecular weight is 322 g/mol.